The van der Waals surface area contributed by atoms with Gasteiger partial charge in [0.05, 0.1) is 24.8 Å². The lowest BCUT2D eigenvalue weighted by molar-refractivity contribution is -0.129. The number of amides is 1. The summed E-state index contributed by atoms with van der Waals surface area (Å²) in [5.41, 5.74) is 1.55. The zero-order valence-corrected chi connectivity index (χ0v) is 17.7. The van der Waals surface area contributed by atoms with Gasteiger partial charge in [0.1, 0.15) is 5.75 Å². The van der Waals surface area contributed by atoms with Gasteiger partial charge in [-0.05, 0) is 29.3 Å². The number of ketones is 1. The van der Waals surface area contributed by atoms with Crippen LogP contribution in [0.25, 0.3) is 6.08 Å². The van der Waals surface area contributed by atoms with Crippen molar-refractivity contribution in [1.29, 1.82) is 0 Å². The number of phenolic OH excluding ortho intramolecular Hbond substituents is 1. The van der Waals surface area contributed by atoms with Crippen LogP contribution >= 0.6 is 0 Å². The largest absolute Gasteiger partial charge is 0.508 e. The van der Waals surface area contributed by atoms with Crippen molar-refractivity contribution in [2.75, 3.05) is 39.4 Å². The third-order valence-corrected chi connectivity index (χ3v) is 5.77. The molecule has 1 saturated heterocycles. The second-order valence-electron chi connectivity index (χ2n) is 7.82. The molecule has 166 valence electrons. The van der Waals surface area contributed by atoms with Crippen LogP contribution in [0.1, 0.15) is 17.2 Å². The van der Waals surface area contributed by atoms with E-state index in [1.807, 2.05) is 30.3 Å². The highest BCUT2D eigenvalue weighted by molar-refractivity contribution is 6.14. The van der Waals surface area contributed by atoms with Crippen LogP contribution in [0.15, 0.2) is 72.0 Å². The van der Waals surface area contributed by atoms with E-state index in [0.29, 0.717) is 31.9 Å². The summed E-state index contributed by atoms with van der Waals surface area (Å²) in [4.78, 5) is 29.8. The van der Waals surface area contributed by atoms with E-state index in [0.717, 1.165) is 18.7 Å². The lowest BCUT2D eigenvalue weighted by atomic mass is 9.95. The normalized spacial score (nSPS) is 19.8. The molecule has 1 fully saturated rings. The molecular formula is C25H26N2O5. The molecule has 1 unspecified atom stereocenters. The van der Waals surface area contributed by atoms with Crippen LogP contribution in [0.5, 0.6) is 5.75 Å². The van der Waals surface area contributed by atoms with Gasteiger partial charge in [-0.1, -0.05) is 48.5 Å². The molecule has 0 aromatic heterocycles. The molecule has 0 saturated carbocycles. The van der Waals surface area contributed by atoms with Crippen LogP contribution in [-0.4, -0.2) is 71.1 Å². The molecule has 2 aliphatic rings. The van der Waals surface area contributed by atoms with Crippen molar-refractivity contribution in [3.05, 3.63) is 83.1 Å². The average Bonchev–Trinajstić information content (AvgIpc) is 3.08. The SMILES string of the molecule is O=C(C=Cc1ccccc1)C1=C(O)C(=O)N(CCN2CCOCC2)C1c1ccc(O)cc1. The fourth-order valence-corrected chi connectivity index (χ4v) is 4.04. The second-order valence-corrected chi connectivity index (χ2v) is 7.82. The standard InChI is InChI=1S/C25H26N2O5/c28-20-9-7-19(8-10-20)23-22(21(29)11-6-18-4-2-1-3-5-18)24(30)25(31)27(23)13-12-26-14-16-32-17-15-26/h1-11,23,28,30H,12-17H2. The Labute approximate surface area is 186 Å². The second kappa shape index (κ2) is 9.80. The Morgan fingerprint density at radius 2 is 1.69 bits per heavy atom. The highest BCUT2D eigenvalue weighted by Gasteiger charge is 2.42. The van der Waals surface area contributed by atoms with E-state index in [-0.39, 0.29) is 11.3 Å². The Morgan fingerprint density at radius 3 is 2.38 bits per heavy atom. The number of rotatable bonds is 7. The number of hydrogen-bond donors (Lipinski definition) is 2. The number of benzene rings is 2. The molecule has 2 aliphatic heterocycles. The summed E-state index contributed by atoms with van der Waals surface area (Å²) >= 11 is 0. The Morgan fingerprint density at radius 1 is 1.00 bits per heavy atom. The first kappa shape index (κ1) is 21.8. The fourth-order valence-electron chi connectivity index (χ4n) is 4.04. The summed E-state index contributed by atoms with van der Waals surface area (Å²) in [7, 11) is 0. The first-order valence-corrected chi connectivity index (χ1v) is 10.6. The van der Waals surface area contributed by atoms with Gasteiger partial charge >= 0.3 is 0 Å². The van der Waals surface area contributed by atoms with Gasteiger partial charge in [-0.25, -0.2) is 0 Å². The van der Waals surface area contributed by atoms with Gasteiger partial charge in [0.15, 0.2) is 11.5 Å². The lowest BCUT2D eigenvalue weighted by Gasteiger charge is -2.31. The van der Waals surface area contributed by atoms with Crippen LogP contribution < -0.4 is 0 Å². The van der Waals surface area contributed by atoms with E-state index in [4.69, 9.17) is 4.74 Å². The minimum Gasteiger partial charge on any atom is -0.508 e. The zero-order valence-electron chi connectivity index (χ0n) is 17.7. The van der Waals surface area contributed by atoms with Crippen molar-refractivity contribution in [2.24, 2.45) is 0 Å². The summed E-state index contributed by atoms with van der Waals surface area (Å²) < 4.78 is 5.38. The summed E-state index contributed by atoms with van der Waals surface area (Å²) in [6.45, 7) is 3.81. The number of phenols is 1. The zero-order chi connectivity index (χ0) is 22.5. The molecule has 7 nitrogen and oxygen atoms in total. The highest BCUT2D eigenvalue weighted by atomic mass is 16.5. The van der Waals surface area contributed by atoms with E-state index in [1.165, 1.54) is 23.1 Å². The molecule has 0 spiro atoms. The van der Waals surface area contributed by atoms with Gasteiger partial charge < -0.3 is 19.8 Å². The quantitative estimate of drug-likeness (QED) is 0.652. The van der Waals surface area contributed by atoms with Crippen molar-refractivity contribution in [3.8, 4) is 5.75 Å². The van der Waals surface area contributed by atoms with E-state index in [1.54, 1.807) is 18.2 Å². The van der Waals surface area contributed by atoms with Gasteiger partial charge in [-0.15, -0.1) is 0 Å². The number of carbonyl (C=O) groups excluding carboxylic acids is 2. The monoisotopic (exact) mass is 434 g/mol. The molecule has 2 aromatic carbocycles. The number of nitrogens with zero attached hydrogens (tertiary/aromatic N) is 2. The molecule has 32 heavy (non-hydrogen) atoms. The predicted octanol–water partition coefficient (Wildman–Crippen LogP) is 2.70. The minimum atomic E-state index is -0.725. The van der Waals surface area contributed by atoms with Gasteiger partial charge in [-0.3, -0.25) is 14.5 Å². The number of morpholine rings is 1. The van der Waals surface area contributed by atoms with Gasteiger partial charge in [-0.2, -0.15) is 0 Å². The van der Waals surface area contributed by atoms with Crippen LogP contribution in [0.4, 0.5) is 0 Å². The summed E-state index contributed by atoms with van der Waals surface area (Å²) in [6, 6.07) is 15.0. The third-order valence-electron chi connectivity index (χ3n) is 5.77. The maximum absolute atomic E-state index is 13.1. The first-order valence-electron chi connectivity index (χ1n) is 10.6. The van der Waals surface area contributed by atoms with Crippen molar-refractivity contribution in [1.82, 2.24) is 9.80 Å². The van der Waals surface area contributed by atoms with Crippen LogP contribution in [0.3, 0.4) is 0 Å². The van der Waals surface area contributed by atoms with Crippen molar-refractivity contribution in [3.63, 3.8) is 0 Å². The van der Waals surface area contributed by atoms with Gasteiger partial charge in [0.2, 0.25) is 0 Å². The predicted molar refractivity (Wildman–Crippen MR) is 120 cm³/mol. The topological polar surface area (TPSA) is 90.3 Å². The van der Waals surface area contributed by atoms with E-state index < -0.39 is 23.5 Å². The molecule has 1 atom stereocenters. The number of ether oxygens (including phenoxy) is 1. The smallest absolute Gasteiger partial charge is 0.290 e. The van der Waals surface area contributed by atoms with Crippen molar-refractivity contribution in [2.45, 2.75) is 6.04 Å². The van der Waals surface area contributed by atoms with Gasteiger partial charge in [0.25, 0.3) is 5.91 Å². The van der Waals surface area contributed by atoms with Crippen LogP contribution in [-0.2, 0) is 14.3 Å². The first-order chi connectivity index (χ1) is 15.5. The fraction of sp³-hybridized carbons (Fsp3) is 0.280. The van der Waals surface area contributed by atoms with E-state index >= 15 is 0 Å². The molecule has 0 bridgehead atoms. The average molecular weight is 434 g/mol. The van der Waals surface area contributed by atoms with Crippen LogP contribution in [0, 0.1) is 0 Å². The number of aliphatic hydroxyl groups excluding tert-OH is 1. The molecule has 2 aromatic rings. The van der Waals surface area contributed by atoms with Crippen molar-refractivity contribution < 1.29 is 24.5 Å². The van der Waals surface area contributed by atoms with E-state index in [2.05, 4.69) is 4.90 Å². The number of aliphatic hydroxyl groups is 1. The molecule has 0 aliphatic carbocycles. The van der Waals surface area contributed by atoms with Crippen LogP contribution in [0.2, 0.25) is 0 Å². The Balaban J connectivity index is 1.61. The summed E-state index contributed by atoms with van der Waals surface area (Å²) in [5, 5.41) is 20.4. The molecule has 0 radical (unpaired) electrons. The molecule has 4 rings (SSSR count). The number of aromatic hydroxyl groups is 1. The number of allylic oxidation sites excluding steroid dienone is 1. The summed E-state index contributed by atoms with van der Waals surface area (Å²) in [6.07, 6.45) is 3.05. The third kappa shape index (κ3) is 4.74. The Bertz CT molecular complexity index is 1020. The maximum atomic E-state index is 13.1. The summed E-state index contributed by atoms with van der Waals surface area (Å²) in [5.74, 6) is -1.42. The number of carbonyl (C=O) groups is 2. The Hall–Kier alpha value is -3.42. The lowest BCUT2D eigenvalue weighted by Crippen LogP contribution is -2.43. The van der Waals surface area contributed by atoms with E-state index in [9.17, 15) is 19.8 Å². The molecular weight excluding hydrogens is 408 g/mol. The minimum absolute atomic E-state index is 0.0508. The highest BCUT2D eigenvalue weighted by Crippen LogP contribution is 2.38. The molecule has 2 N–H and O–H groups in total. The molecule has 1 amide bonds. The van der Waals surface area contributed by atoms with Gasteiger partial charge in [0, 0.05) is 26.2 Å². The van der Waals surface area contributed by atoms with Crippen molar-refractivity contribution >= 4 is 17.8 Å². The Kier molecular flexibility index (Phi) is 6.68. The molecule has 7 heteroatoms. The number of hydrogen-bond acceptors (Lipinski definition) is 6. The molecule has 2 heterocycles. The maximum Gasteiger partial charge on any atom is 0.290 e.